The molecule has 1 N–H and O–H groups in total. The van der Waals surface area contributed by atoms with E-state index in [0.717, 1.165) is 27.7 Å². The van der Waals surface area contributed by atoms with Gasteiger partial charge in [0.15, 0.2) is 0 Å². The van der Waals surface area contributed by atoms with E-state index in [1.54, 1.807) is 0 Å². The van der Waals surface area contributed by atoms with Gasteiger partial charge in [0, 0.05) is 17.5 Å². The van der Waals surface area contributed by atoms with Gasteiger partial charge in [0.2, 0.25) is 5.91 Å². The fourth-order valence-electron chi connectivity index (χ4n) is 3.44. The highest BCUT2D eigenvalue weighted by molar-refractivity contribution is 5.94. The number of fused-ring (bicyclic) bond motifs is 1. The molecule has 4 heteroatoms. The van der Waals surface area contributed by atoms with Crippen LogP contribution in [0.15, 0.2) is 78.9 Å². The number of benzene rings is 3. The van der Waals surface area contributed by atoms with Crippen LogP contribution in [0.3, 0.4) is 0 Å². The van der Waals surface area contributed by atoms with E-state index in [2.05, 4.69) is 24.4 Å². The summed E-state index contributed by atoms with van der Waals surface area (Å²) in [4.78, 5) is 12.8. The molecule has 4 nitrogen and oxygen atoms in total. The van der Waals surface area contributed by atoms with Crippen LogP contribution in [0.4, 0.5) is 0 Å². The lowest BCUT2D eigenvalue weighted by Crippen LogP contribution is -2.31. The van der Waals surface area contributed by atoms with Crippen LogP contribution in [0.5, 0.6) is 0 Å². The molecule has 1 atom stereocenters. The van der Waals surface area contributed by atoms with Crippen molar-refractivity contribution in [2.45, 2.75) is 26.4 Å². The predicted molar refractivity (Wildman–Crippen MR) is 113 cm³/mol. The van der Waals surface area contributed by atoms with Gasteiger partial charge in [-0.1, -0.05) is 72.8 Å². The fourth-order valence-corrected chi connectivity index (χ4v) is 3.44. The van der Waals surface area contributed by atoms with Crippen molar-refractivity contribution in [2.24, 2.45) is 0 Å². The van der Waals surface area contributed by atoms with Crippen LogP contribution in [0.2, 0.25) is 0 Å². The fraction of sp³-hybridized carbons (Fsp3) is 0.167. The van der Waals surface area contributed by atoms with Crippen LogP contribution < -0.4 is 5.32 Å². The minimum atomic E-state index is -0.411. The molecular weight excluding hydrogens is 346 g/mol. The van der Waals surface area contributed by atoms with Crippen LogP contribution in [0.25, 0.3) is 22.2 Å². The summed E-state index contributed by atoms with van der Waals surface area (Å²) >= 11 is 0. The maximum absolute atomic E-state index is 12.8. The maximum Gasteiger partial charge on any atom is 0.244 e. The SMILES string of the molecule is Cc1ccccc1CNC(=O)C(C)n1nc(-c2ccccc2)c2ccccc21. The Morgan fingerprint density at radius 1 is 0.964 bits per heavy atom. The van der Waals surface area contributed by atoms with Gasteiger partial charge < -0.3 is 5.32 Å². The van der Waals surface area contributed by atoms with Crippen molar-refractivity contribution in [1.29, 1.82) is 0 Å². The Morgan fingerprint density at radius 2 is 1.64 bits per heavy atom. The van der Waals surface area contributed by atoms with Crippen molar-refractivity contribution in [3.8, 4) is 11.3 Å². The second-order valence-electron chi connectivity index (χ2n) is 7.00. The van der Waals surface area contributed by atoms with Gasteiger partial charge in [0.25, 0.3) is 0 Å². The summed E-state index contributed by atoms with van der Waals surface area (Å²) in [5.74, 6) is -0.0453. The molecule has 28 heavy (non-hydrogen) atoms. The zero-order valence-corrected chi connectivity index (χ0v) is 16.1. The van der Waals surface area contributed by atoms with Crippen LogP contribution in [-0.4, -0.2) is 15.7 Å². The number of carbonyl (C=O) groups is 1. The highest BCUT2D eigenvalue weighted by Gasteiger charge is 2.20. The van der Waals surface area contributed by atoms with Crippen LogP contribution in [0.1, 0.15) is 24.1 Å². The molecule has 0 fully saturated rings. The Labute approximate surface area is 164 Å². The summed E-state index contributed by atoms with van der Waals surface area (Å²) in [5, 5.41) is 8.91. The number of hydrogen-bond acceptors (Lipinski definition) is 2. The molecule has 0 saturated heterocycles. The molecule has 0 bridgehead atoms. The summed E-state index contributed by atoms with van der Waals surface area (Å²) in [6, 6.07) is 25.8. The number of aromatic nitrogens is 2. The Kier molecular flexibility index (Phi) is 4.94. The molecule has 1 heterocycles. The predicted octanol–water partition coefficient (Wildman–Crippen LogP) is 4.89. The van der Waals surface area contributed by atoms with Gasteiger partial charge in [0.1, 0.15) is 11.7 Å². The first-order valence-electron chi connectivity index (χ1n) is 9.50. The zero-order chi connectivity index (χ0) is 19.5. The first kappa shape index (κ1) is 18.0. The summed E-state index contributed by atoms with van der Waals surface area (Å²) < 4.78 is 1.82. The Morgan fingerprint density at radius 3 is 2.43 bits per heavy atom. The molecule has 0 aliphatic heterocycles. The van der Waals surface area contributed by atoms with Crippen molar-refractivity contribution < 1.29 is 4.79 Å². The summed E-state index contributed by atoms with van der Waals surface area (Å²) in [6.07, 6.45) is 0. The molecule has 4 rings (SSSR count). The number of hydrogen-bond donors (Lipinski definition) is 1. The summed E-state index contributed by atoms with van der Waals surface area (Å²) in [6.45, 7) is 4.46. The lowest BCUT2D eigenvalue weighted by atomic mass is 10.1. The van der Waals surface area contributed by atoms with Gasteiger partial charge in [-0.3, -0.25) is 9.48 Å². The van der Waals surface area contributed by atoms with Crippen LogP contribution in [-0.2, 0) is 11.3 Å². The average Bonchev–Trinajstić information content (AvgIpc) is 3.13. The maximum atomic E-state index is 12.8. The number of aryl methyl sites for hydroxylation is 1. The van der Waals surface area contributed by atoms with Crippen molar-refractivity contribution >= 4 is 16.8 Å². The lowest BCUT2D eigenvalue weighted by molar-refractivity contribution is -0.124. The second-order valence-corrected chi connectivity index (χ2v) is 7.00. The average molecular weight is 369 g/mol. The Balaban J connectivity index is 1.63. The van der Waals surface area contributed by atoms with Gasteiger partial charge in [-0.25, -0.2) is 0 Å². The molecule has 0 aliphatic rings. The van der Waals surface area contributed by atoms with Gasteiger partial charge in [0.05, 0.1) is 5.52 Å². The highest BCUT2D eigenvalue weighted by atomic mass is 16.2. The Bertz CT molecular complexity index is 1120. The summed E-state index contributed by atoms with van der Waals surface area (Å²) in [7, 11) is 0. The number of amides is 1. The van der Waals surface area contributed by atoms with Gasteiger partial charge >= 0.3 is 0 Å². The Hall–Kier alpha value is -3.40. The molecule has 0 saturated carbocycles. The number of para-hydroxylation sites is 1. The van der Waals surface area contributed by atoms with Gasteiger partial charge in [-0.2, -0.15) is 5.10 Å². The van der Waals surface area contributed by atoms with Crippen LogP contribution in [0, 0.1) is 6.92 Å². The van der Waals surface area contributed by atoms with Gasteiger partial charge in [-0.05, 0) is 31.0 Å². The van der Waals surface area contributed by atoms with E-state index in [-0.39, 0.29) is 5.91 Å². The number of carbonyl (C=O) groups excluding carboxylic acids is 1. The largest absolute Gasteiger partial charge is 0.350 e. The van der Waals surface area contributed by atoms with E-state index >= 15 is 0 Å². The molecule has 1 unspecified atom stereocenters. The first-order chi connectivity index (χ1) is 13.6. The minimum absolute atomic E-state index is 0.0453. The quantitative estimate of drug-likeness (QED) is 0.544. The van der Waals surface area contributed by atoms with E-state index in [1.165, 1.54) is 5.56 Å². The van der Waals surface area contributed by atoms with E-state index in [9.17, 15) is 4.79 Å². The molecule has 0 radical (unpaired) electrons. The molecule has 140 valence electrons. The standard InChI is InChI=1S/C24H23N3O/c1-17-10-6-7-13-20(17)16-25-24(28)18(2)27-22-15-9-8-14-21(22)23(26-27)19-11-4-3-5-12-19/h3-15,18H,16H2,1-2H3,(H,25,28). The van der Waals surface area contributed by atoms with Crippen molar-refractivity contribution in [3.05, 3.63) is 90.0 Å². The number of nitrogens with one attached hydrogen (secondary N) is 1. The molecule has 3 aromatic carbocycles. The molecule has 1 amide bonds. The van der Waals surface area contributed by atoms with E-state index < -0.39 is 6.04 Å². The summed E-state index contributed by atoms with van der Waals surface area (Å²) in [5.41, 5.74) is 5.20. The molecule has 0 aliphatic carbocycles. The highest BCUT2D eigenvalue weighted by Crippen LogP contribution is 2.29. The molecule has 0 spiro atoms. The zero-order valence-electron chi connectivity index (χ0n) is 16.1. The monoisotopic (exact) mass is 369 g/mol. The number of nitrogens with zero attached hydrogens (tertiary/aromatic N) is 2. The smallest absolute Gasteiger partial charge is 0.244 e. The molecule has 4 aromatic rings. The molecule has 1 aromatic heterocycles. The van der Waals surface area contributed by atoms with Crippen molar-refractivity contribution in [3.63, 3.8) is 0 Å². The third-order valence-electron chi connectivity index (χ3n) is 5.12. The second kappa shape index (κ2) is 7.69. The van der Waals surface area contributed by atoms with Crippen molar-refractivity contribution in [1.82, 2.24) is 15.1 Å². The topological polar surface area (TPSA) is 46.9 Å². The van der Waals surface area contributed by atoms with Crippen LogP contribution >= 0.6 is 0 Å². The lowest BCUT2D eigenvalue weighted by Gasteiger charge is -2.14. The first-order valence-corrected chi connectivity index (χ1v) is 9.50. The third-order valence-corrected chi connectivity index (χ3v) is 5.12. The number of rotatable bonds is 5. The third kappa shape index (κ3) is 3.41. The van der Waals surface area contributed by atoms with E-state index in [4.69, 9.17) is 5.10 Å². The minimum Gasteiger partial charge on any atom is -0.350 e. The van der Waals surface area contributed by atoms with Crippen molar-refractivity contribution in [2.75, 3.05) is 0 Å². The molecular formula is C24H23N3O. The normalized spacial score (nSPS) is 12.1. The van der Waals surface area contributed by atoms with E-state index in [0.29, 0.717) is 6.54 Å². The van der Waals surface area contributed by atoms with Gasteiger partial charge in [-0.15, -0.1) is 0 Å². The van der Waals surface area contributed by atoms with E-state index in [1.807, 2.05) is 78.3 Å².